The third-order valence-electron chi connectivity index (χ3n) is 4.22. The minimum atomic E-state index is -1.12. The molecule has 27 heavy (non-hydrogen) atoms. The first-order valence-electron chi connectivity index (χ1n) is 8.98. The minimum absolute atomic E-state index is 0.0244. The summed E-state index contributed by atoms with van der Waals surface area (Å²) < 4.78 is 1.28. The Balaban J connectivity index is 2.64. The average Bonchev–Trinajstić information content (AvgIpc) is 3.07. The molecule has 0 saturated heterocycles. The van der Waals surface area contributed by atoms with Crippen LogP contribution in [-0.2, 0) is 16.0 Å². The molecule has 152 valence electrons. The molecule has 10 nitrogen and oxygen atoms in total. The normalized spacial score (nSPS) is 14.6. The maximum absolute atomic E-state index is 12.2. The number of imidazole rings is 1. The molecular formula is C17H30N6O4. The Bertz CT molecular complexity index is 645. The van der Waals surface area contributed by atoms with E-state index in [-0.39, 0.29) is 24.7 Å². The van der Waals surface area contributed by atoms with Crippen LogP contribution in [-0.4, -0.2) is 57.1 Å². The highest BCUT2D eigenvalue weighted by molar-refractivity contribution is 5.87. The van der Waals surface area contributed by atoms with Crippen molar-refractivity contribution >= 4 is 17.8 Å². The standard InChI is InChI=1S/C17H30N6O4/c1-10(2)14(20)16(25)23-8-11(21-9-23)7-12(19)15(24)22-13(17(26)27)5-3-4-6-18/h8-10,12-14H,3-7,18-20H2,1-2H3,(H,22,24)(H,26,27)/t12-,13-,14-/m0/s1. The molecule has 0 aliphatic carbocycles. The molecule has 0 spiro atoms. The maximum atomic E-state index is 12.2. The molecule has 0 unspecified atom stereocenters. The van der Waals surface area contributed by atoms with Gasteiger partial charge < -0.3 is 27.6 Å². The first-order valence-corrected chi connectivity index (χ1v) is 8.98. The van der Waals surface area contributed by atoms with E-state index < -0.39 is 30.0 Å². The van der Waals surface area contributed by atoms with Crippen molar-refractivity contribution in [1.29, 1.82) is 0 Å². The molecule has 0 bridgehead atoms. The highest BCUT2D eigenvalue weighted by Crippen LogP contribution is 2.06. The number of unbranched alkanes of at least 4 members (excludes halogenated alkanes) is 1. The van der Waals surface area contributed by atoms with E-state index in [0.29, 0.717) is 25.1 Å². The van der Waals surface area contributed by atoms with Gasteiger partial charge in [0.05, 0.1) is 17.8 Å². The summed E-state index contributed by atoms with van der Waals surface area (Å²) in [6.07, 6.45) is 4.42. The van der Waals surface area contributed by atoms with Gasteiger partial charge in [0.2, 0.25) is 11.8 Å². The Kier molecular flexibility index (Phi) is 9.06. The Morgan fingerprint density at radius 1 is 1.26 bits per heavy atom. The van der Waals surface area contributed by atoms with Crippen molar-refractivity contribution in [3.8, 4) is 0 Å². The zero-order valence-electron chi connectivity index (χ0n) is 15.8. The van der Waals surface area contributed by atoms with Crippen molar-refractivity contribution in [2.24, 2.45) is 23.1 Å². The number of carboxylic acid groups (broad SMARTS) is 1. The number of aromatic nitrogens is 2. The van der Waals surface area contributed by atoms with Crippen molar-refractivity contribution in [3.05, 3.63) is 18.2 Å². The Labute approximate surface area is 158 Å². The topological polar surface area (TPSA) is 179 Å². The summed E-state index contributed by atoms with van der Waals surface area (Å²) in [4.78, 5) is 39.7. The lowest BCUT2D eigenvalue weighted by Gasteiger charge is -2.17. The van der Waals surface area contributed by atoms with Crippen LogP contribution < -0.4 is 22.5 Å². The molecule has 0 saturated carbocycles. The van der Waals surface area contributed by atoms with E-state index in [1.165, 1.54) is 17.1 Å². The van der Waals surface area contributed by atoms with Crippen molar-refractivity contribution in [1.82, 2.24) is 14.9 Å². The third-order valence-corrected chi connectivity index (χ3v) is 4.22. The van der Waals surface area contributed by atoms with Gasteiger partial charge >= 0.3 is 5.97 Å². The molecule has 10 heteroatoms. The number of hydrogen-bond acceptors (Lipinski definition) is 7. The smallest absolute Gasteiger partial charge is 0.326 e. The predicted octanol–water partition coefficient (Wildman–Crippen LogP) is -0.925. The molecule has 8 N–H and O–H groups in total. The molecule has 0 aliphatic heterocycles. The molecule has 0 aromatic carbocycles. The fourth-order valence-corrected chi connectivity index (χ4v) is 2.39. The van der Waals surface area contributed by atoms with Crippen LogP contribution in [0.4, 0.5) is 0 Å². The minimum Gasteiger partial charge on any atom is -0.480 e. The van der Waals surface area contributed by atoms with Gasteiger partial charge in [0, 0.05) is 12.6 Å². The number of carbonyl (C=O) groups is 3. The summed E-state index contributed by atoms with van der Waals surface area (Å²) in [5.41, 5.74) is 17.5. The summed E-state index contributed by atoms with van der Waals surface area (Å²) in [7, 11) is 0. The zero-order valence-corrected chi connectivity index (χ0v) is 15.8. The number of hydrogen-bond donors (Lipinski definition) is 5. The lowest BCUT2D eigenvalue weighted by molar-refractivity contribution is -0.142. The second-order valence-corrected chi connectivity index (χ2v) is 6.87. The highest BCUT2D eigenvalue weighted by Gasteiger charge is 2.24. The summed E-state index contributed by atoms with van der Waals surface area (Å²) in [5.74, 6) is -2.03. The molecular weight excluding hydrogens is 352 g/mol. The van der Waals surface area contributed by atoms with Crippen LogP contribution in [0.25, 0.3) is 0 Å². The van der Waals surface area contributed by atoms with Crippen LogP contribution in [0.3, 0.4) is 0 Å². The highest BCUT2D eigenvalue weighted by atomic mass is 16.4. The van der Waals surface area contributed by atoms with Gasteiger partial charge in [-0.2, -0.15) is 0 Å². The number of aliphatic carboxylic acids is 1. The van der Waals surface area contributed by atoms with Gasteiger partial charge in [0.1, 0.15) is 12.4 Å². The molecule has 3 atom stereocenters. The Hall–Kier alpha value is -2.30. The fourth-order valence-electron chi connectivity index (χ4n) is 2.39. The molecule has 1 aromatic heterocycles. The summed E-state index contributed by atoms with van der Waals surface area (Å²) in [5, 5.41) is 11.6. The van der Waals surface area contributed by atoms with Crippen LogP contribution in [0.15, 0.2) is 12.5 Å². The van der Waals surface area contributed by atoms with Gasteiger partial charge in [-0.05, 0) is 31.7 Å². The predicted molar refractivity (Wildman–Crippen MR) is 99.8 cm³/mol. The number of nitrogens with one attached hydrogen (secondary N) is 1. The number of rotatable bonds is 11. The van der Waals surface area contributed by atoms with E-state index in [1.807, 2.05) is 13.8 Å². The van der Waals surface area contributed by atoms with E-state index in [2.05, 4.69) is 10.3 Å². The number of amides is 1. The quantitative estimate of drug-likeness (QED) is 0.305. The molecule has 1 rings (SSSR count). The first-order chi connectivity index (χ1) is 12.7. The zero-order chi connectivity index (χ0) is 20.6. The van der Waals surface area contributed by atoms with Gasteiger partial charge in [0.25, 0.3) is 0 Å². The molecule has 1 heterocycles. The molecule has 0 aliphatic rings. The van der Waals surface area contributed by atoms with Gasteiger partial charge in [-0.1, -0.05) is 13.8 Å². The van der Waals surface area contributed by atoms with E-state index in [1.54, 1.807) is 0 Å². The van der Waals surface area contributed by atoms with E-state index in [9.17, 15) is 19.5 Å². The number of nitrogens with two attached hydrogens (primary N) is 3. The molecule has 1 aromatic rings. The number of carbonyl (C=O) groups excluding carboxylic acids is 2. The summed E-state index contributed by atoms with van der Waals surface area (Å²) in [6, 6.07) is -2.66. The maximum Gasteiger partial charge on any atom is 0.326 e. The van der Waals surface area contributed by atoms with Crippen LogP contribution in [0, 0.1) is 5.92 Å². The van der Waals surface area contributed by atoms with Gasteiger partial charge in [-0.25, -0.2) is 9.78 Å². The lowest BCUT2D eigenvalue weighted by Crippen LogP contribution is -2.49. The van der Waals surface area contributed by atoms with E-state index in [4.69, 9.17) is 17.2 Å². The van der Waals surface area contributed by atoms with Crippen molar-refractivity contribution in [2.45, 2.75) is 57.7 Å². The van der Waals surface area contributed by atoms with E-state index in [0.717, 1.165) is 0 Å². The van der Waals surface area contributed by atoms with Crippen molar-refractivity contribution in [2.75, 3.05) is 6.54 Å². The lowest BCUT2D eigenvalue weighted by atomic mass is 10.1. The number of nitrogens with zero attached hydrogens (tertiary/aromatic N) is 2. The van der Waals surface area contributed by atoms with Crippen molar-refractivity contribution in [3.63, 3.8) is 0 Å². The monoisotopic (exact) mass is 382 g/mol. The van der Waals surface area contributed by atoms with Crippen LogP contribution in [0.5, 0.6) is 0 Å². The molecule has 0 fully saturated rings. The van der Waals surface area contributed by atoms with E-state index >= 15 is 0 Å². The fraction of sp³-hybridized carbons (Fsp3) is 0.647. The van der Waals surface area contributed by atoms with Gasteiger partial charge in [0.15, 0.2) is 0 Å². The number of carboxylic acids is 1. The van der Waals surface area contributed by atoms with Crippen LogP contribution in [0.1, 0.15) is 43.6 Å². The Morgan fingerprint density at radius 3 is 2.48 bits per heavy atom. The van der Waals surface area contributed by atoms with Gasteiger partial charge in [-0.3, -0.25) is 14.2 Å². The molecule has 0 radical (unpaired) electrons. The van der Waals surface area contributed by atoms with Crippen LogP contribution >= 0.6 is 0 Å². The third kappa shape index (κ3) is 7.08. The van der Waals surface area contributed by atoms with Gasteiger partial charge in [-0.15, -0.1) is 0 Å². The largest absolute Gasteiger partial charge is 0.480 e. The first kappa shape index (κ1) is 22.7. The van der Waals surface area contributed by atoms with Crippen LogP contribution in [0.2, 0.25) is 0 Å². The van der Waals surface area contributed by atoms with Crippen molar-refractivity contribution < 1.29 is 19.5 Å². The average molecular weight is 382 g/mol. The summed E-state index contributed by atoms with van der Waals surface area (Å²) in [6.45, 7) is 4.14. The summed E-state index contributed by atoms with van der Waals surface area (Å²) >= 11 is 0. The second-order valence-electron chi connectivity index (χ2n) is 6.87. The molecule has 1 amide bonds. The second kappa shape index (κ2) is 10.8. The Morgan fingerprint density at radius 2 is 1.93 bits per heavy atom. The SMILES string of the molecule is CC(C)[C@H](N)C(=O)n1cnc(C[C@H](N)C(=O)N[C@@H](CCCCN)C(=O)O)c1.